The first-order chi connectivity index (χ1) is 10.6. The predicted molar refractivity (Wildman–Crippen MR) is 84.9 cm³/mol. The van der Waals surface area contributed by atoms with E-state index in [1.54, 1.807) is 6.07 Å². The van der Waals surface area contributed by atoms with E-state index in [1.165, 1.54) is 4.68 Å². The van der Waals surface area contributed by atoms with Crippen LogP contribution in [0.15, 0.2) is 54.6 Å². The van der Waals surface area contributed by atoms with Gasteiger partial charge in [0.2, 0.25) is 5.95 Å². The quantitative estimate of drug-likeness (QED) is 0.776. The van der Waals surface area contributed by atoms with Gasteiger partial charge in [-0.1, -0.05) is 36.4 Å². The monoisotopic (exact) mass is 293 g/mol. The van der Waals surface area contributed by atoms with E-state index in [9.17, 15) is 4.79 Å². The SMILES string of the molecule is Cc1ccccc1C(=O)Nc1nc(N)n(-c2ccccc2)n1. The van der Waals surface area contributed by atoms with Crippen LogP contribution in [0.25, 0.3) is 5.69 Å². The molecule has 0 atom stereocenters. The Bertz CT molecular complexity index is 810. The summed E-state index contributed by atoms with van der Waals surface area (Å²) in [5.41, 5.74) is 8.10. The van der Waals surface area contributed by atoms with Gasteiger partial charge in [0.15, 0.2) is 0 Å². The van der Waals surface area contributed by atoms with Crippen molar-refractivity contribution in [2.45, 2.75) is 6.92 Å². The van der Waals surface area contributed by atoms with E-state index in [2.05, 4.69) is 15.4 Å². The maximum absolute atomic E-state index is 12.3. The van der Waals surface area contributed by atoms with Gasteiger partial charge >= 0.3 is 0 Å². The second-order valence-electron chi connectivity index (χ2n) is 4.81. The first-order valence-corrected chi connectivity index (χ1v) is 6.80. The smallest absolute Gasteiger partial charge is 0.258 e. The third kappa shape index (κ3) is 2.67. The van der Waals surface area contributed by atoms with E-state index in [1.807, 2.05) is 55.5 Å². The number of nitrogens with two attached hydrogens (primary N) is 1. The molecule has 0 bridgehead atoms. The lowest BCUT2D eigenvalue weighted by molar-refractivity contribution is 0.102. The number of carbonyl (C=O) groups excluding carboxylic acids is 1. The van der Waals surface area contributed by atoms with E-state index in [0.29, 0.717) is 5.56 Å². The molecule has 0 spiro atoms. The molecule has 0 saturated heterocycles. The van der Waals surface area contributed by atoms with Crippen molar-refractivity contribution in [1.29, 1.82) is 0 Å². The number of nitrogens with one attached hydrogen (secondary N) is 1. The summed E-state index contributed by atoms with van der Waals surface area (Å²) in [5.74, 6) is 0.129. The third-order valence-electron chi connectivity index (χ3n) is 3.25. The average molecular weight is 293 g/mol. The zero-order valence-electron chi connectivity index (χ0n) is 12.0. The Kier molecular flexibility index (Phi) is 3.57. The first-order valence-electron chi connectivity index (χ1n) is 6.80. The van der Waals surface area contributed by atoms with Gasteiger partial charge in [0.1, 0.15) is 0 Å². The van der Waals surface area contributed by atoms with Crippen LogP contribution < -0.4 is 11.1 Å². The van der Waals surface area contributed by atoms with Gasteiger partial charge in [-0.25, -0.2) is 0 Å². The lowest BCUT2D eigenvalue weighted by Crippen LogP contribution is -2.14. The van der Waals surface area contributed by atoms with Crippen LogP contribution in [0, 0.1) is 6.92 Å². The molecule has 0 radical (unpaired) electrons. The zero-order chi connectivity index (χ0) is 15.5. The Morgan fingerprint density at radius 1 is 1.09 bits per heavy atom. The number of amides is 1. The number of carbonyl (C=O) groups is 1. The van der Waals surface area contributed by atoms with Gasteiger partial charge in [0.25, 0.3) is 11.9 Å². The van der Waals surface area contributed by atoms with E-state index in [-0.39, 0.29) is 17.8 Å². The minimum Gasteiger partial charge on any atom is -0.368 e. The Balaban J connectivity index is 1.86. The molecule has 0 aliphatic heterocycles. The van der Waals surface area contributed by atoms with Gasteiger partial charge in [-0.3, -0.25) is 10.1 Å². The number of aryl methyl sites for hydroxylation is 1. The summed E-state index contributed by atoms with van der Waals surface area (Å²) in [4.78, 5) is 16.3. The van der Waals surface area contributed by atoms with E-state index >= 15 is 0 Å². The van der Waals surface area contributed by atoms with Crippen molar-refractivity contribution in [3.05, 3.63) is 65.7 Å². The molecular weight excluding hydrogens is 278 g/mol. The Hall–Kier alpha value is -3.15. The summed E-state index contributed by atoms with van der Waals surface area (Å²) in [6.45, 7) is 1.87. The largest absolute Gasteiger partial charge is 0.368 e. The summed E-state index contributed by atoms with van der Waals surface area (Å²) >= 11 is 0. The van der Waals surface area contributed by atoms with Crippen molar-refractivity contribution in [3.8, 4) is 5.69 Å². The van der Waals surface area contributed by atoms with Gasteiger partial charge in [-0.2, -0.15) is 9.67 Å². The molecule has 2 aromatic carbocycles. The standard InChI is InChI=1S/C16H15N5O/c1-11-7-5-6-10-13(11)14(22)18-16-19-15(17)21(20-16)12-8-3-2-4-9-12/h2-10H,1H3,(H3,17,18,19,20,22). The summed E-state index contributed by atoms with van der Waals surface area (Å²) < 4.78 is 1.48. The molecule has 0 saturated carbocycles. The molecule has 1 heterocycles. The fourth-order valence-electron chi connectivity index (χ4n) is 2.13. The fraction of sp³-hybridized carbons (Fsp3) is 0.0625. The number of benzene rings is 2. The molecule has 3 aromatic rings. The number of hydrogen-bond donors (Lipinski definition) is 2. The third-order valence-corrected chi connectivity index (χ3v) is 3.25. The van der Waals surface area contributed by atoms with Crippen LogP contribution in [0.3, 0.4) is 0 Å². The summed E-state index contributed by atoms with van der Waals surface area (Å²) in [6, 6.07) is 16.7. The zero-order valence-corrected chi connectivity index (χ0v) is 12.0. The molecule has 3 rings (SSSR count). The van der Waals surface area contributed by atoms with Gasteiger partial charge < -0.3 is 5.73 Å². The molecule has 0 unspecified atom stereocenters. The molecule has 6 heteroatoms. The van der Waals surface area contributed by atoms with Crippen LogP contribution in [0.2, 0.25) is 0 Å². The maximum atomic E-state index is 12.3. The van der Waals surface area contributed by atoms with Crippen molar-refractivity contribution in [2.24, 2.45) is 0 Å². The van der Waals surface area contributed by atoms with Crippen LogP contribution in [-0.4, -0.2) is 20.7 Å². The lowest BCUT2D eigenvalue weighted by atomic mass is 10.1. The average Bonchev–Trinajstić information content (AvgIpc) is 2.89. The molecular formula is C16H15N5O. The molecule has 110 valence electrons. The second kappa shape index (κ2) is 5.69. The summed E-state index contributed by atoms with van der Waals surface area (Å²) in [6.07, 6.45) is 0. The summed E-state index contributed by atoms with van der Waals surface area (Å²) in [5, 5.41) is 6.89. The maximum Gasteiger partial charge on any atom is 0.258 e. The molecule has 6 nitrogen and oxygen atoms in total. The highest BCUT2D eigenvalue weighted by atomic mass is 16.1. The van der Waals surface area contributed by atoms with Crippen LogP contribution in [0.1, 0.15) is 15.9 Å². The first kappa shape index (κ1) is 13.8. The highest BCUT2D eigenvalue weighted by molar-refractivity contribution is 6.04. The number of nitrogen functional groups attached to an aromatic ring is 1. The summed E-state index contributed by atoms with van der Waals surface area (Å²) in [7, 11) is 0. The molecule has 0 aliphatic carbocycles. The Morgan fingerprint density at radius 2 is 1.77 bits per heavy atom. The predicted octanol–water partition coefficient (Wildman–Crippen LogP) is 2.41. The molecule has 1 aromatic heterocycles. The van der Waals surface area contributed by atoms with Crippen molar-refractivity contribution >= 4 is 17.8 Å². The number of rotatable bonds is 3. The van der Waals surface area contributed by atoms with Crippen LogP contribution in [0.4, 0.5) is 11.9 Å². The topological polar surface area (TPSA) is 85.8 Å². The molecule has 22 heavy (non-hydrogen) atoms. The fourth-order valence-corrected chi connectivity index (χ4v) is 2.13. The van der Waals surface area contributed by atoms with Crippen LogP contribution >= 0.6 is 0 Å². The highest BCUT2D eigenvalue weighted by Gasteiger charge is 2.13. The van der Waals surface area contributed by atoms with Crippen molar-refractivity contribution in [2.75, 3.05) is 11.1 Å². The van der Waals surface area contributed by atoms with Gasteiger partial charge in [0, 0.05) is 5.56 Å². The minimum absolute atomic E-state index is 0.176. The molecule has 0 aliphatic rings. The van der Waals surface area contributed by atoms with Crippen LogP contribution in [0.5, 0.6) is 0 Å². The van der Waals surface area contributed by atoms with Gasteiger partial charge in [-0.15, -0.1) is 5.10 Å². The van der Waals surface area contributed by atoms with Gasteiger partial charge in [0.05, 0.1) is 5.69 Å². The number of aromatic nitrogens is 3. The molecule has 3 N–H and O–H groups in total. The van der Waals surface area contributed by atoms with E-state index in [4.69, 9.17) is 5.73 Å². The second-order valence-corrected chi connectivity index (χ2v) is 4.81. The number of nitrogens with zero attached hydrogens (tertiary/aromatic N) is 3. The van der Waals surface area contributed by atoms with E-state index in [0.717, 1.165) is 11.3 Å². The van der Waals surface area contributed by atoms with Crippen LogP contribution in [-0.2, 0) is 0 Å². The number of hydrogen-bond acceptors (Lipinski definition) is 4. The number of para-hydroxylation sites is 1. The Labute approximate surface area is 127 Å². The van der Waals surface area contributed by atoms with Gasteiger partial charge in [-0.05, 0) is 30.7 Å². The highest BCUT2D eigenvalue weighted by Crippen LogP contribution is 2.14. The number of anilines is 2. The Morgan fingerprint density at radius 3 is 2.50 bits per heavy atom. The lowest BCUT2D eigenvalue weighted by Gasteiger charge is -2.04. The minimum atomic E-state index is -0.261. The van der Waals surface area contributed by atoms with E-state index < -0.39 is 0 Å². The van der Waals surface area contributed by atoms with Crippen molar-refractivity contribution < 1.29 is 4.79 Å². The van der Waals surface area contributed by atoms with Crippen molar-refractivity contribution in [1.82, 2.24) is 14.8 Å². The molecule has 1 amide bonds. The molecule has 0 fully saturated rings. The van der Waals surface area contributed by atoms with Crippen molar-refractivity contribution in [3.63, 3.8) is 0 Å². The normalized spacial score (nSPS) is 10.4.